The van der Waals surface area contributed by atoms with E-state index in [1.165, 1.54) is 5.69 Å². The first-order valence-electron chi connectivity index (χ1n) is 6.53. The van der Waals surface area contributed by atoms with Gasteiger partial charge in [-0.25, -0.2) is 0 Å². The van der Waals surface area contributed by atoms with E-state index in [9.17, 15) is 0 Å². The normalized spacial score (nSPS) is 12.9. The second kappa shape index (κ2) is 5.54. The summed E-state index contributed by atoms with van der Waals surface area (Å²) in [6, 6.07) is 2.18. The monoisotopic (exact) mass is 262 g/mol. The molecule has 6 nitrogen and oxygen atoms in total. The molecule has 0 saturated carbocycles. The van der Waals surface area contributed by atoms with Crippen molar-refractivity contribution >= 4 is 0 Å². The molecule has 3 N–H and O–H groups in total. The van der Waals surface area contributed by atoms with Crippen LogP contribution in [-0.4, -0.2) is 19.6 Å². The molecule has 0 aromatic carbocycles. The SMILES string of the molecule is CCc1cc(CC(NN)c2cn(C)nc2C)n(C)n1. The molecule has 2 rings (SSSR count). The average Bonchev–Trinajstić information content (AvgIpc) is 2.89. The van der Waals surface area contributed by atoms with Crippen LogP contribution >= 0.6 is 0 Å². The molecule has 0 aliphatic heterocycles. The van der Waals surface area contributed by atoms with Gasteiger partial charge in [0.1, 0.15) is 0 Å². The van der Waals surface area contributed by atoms with Crippen LogP contribution in [0.4, 0.5) is 0 Å². The van der Waals surface area contributed by atoms with Gasteiger partial charge in [0.05, 0.1) is 17.4 Å². The maximum atomic E-state index is 5.70. The van der Waals surface area contributed by atoms with E-state index in [1.54, 1.807) is 0 Å². The number of nitrogens with zero attached hydrogens (tertiary/aromatic N) is 4. The topological polar surface area (TPSA) is 73.7 Å². The Morgan fingerprint density at radius 2 is 2.11 bits per heavy atom. The maximum Gasteiger partial charge on any atom is 0.0642 e. The van der Waals surface area contributed by atoms with Crippen LogP contribution in [0, 0.1) is 6.92 Å². The molecule has 6 heteroatoms. The number of hydrazine groups is 1. The number of hydrogen-bond acceptors (Lipinski definition) is 4. The van der Waals surface area contributed by atoms with E-state index in [4.69, 9.17) is 5.84 Å². The molecule has 0 radical (unpaired) electrons. The summed E-state index contributed by atoms with van der Waals surface area (Å²) in [5.74, 6) is 5.70. The van der Waals surface area contributed by atoms with Crippen molar-refractivity contribution in [2.24, 2.45) is 19.9 Å². The van der Waals surface area contributed by atoms with Crippen molar-refractivity contribution in [1.29, 1.82) is 0 Å². The highest BCUT2D eigenvalue weighted by Gasteiger charge is 2.17. The van der Waals surface area contributed by atoms with Crippen LogP contribution in [0.2, 0.25) is 0 Å². The molecular weight excluding hydrogens is 240 g/mol. The van der Waals surface area contributed by atoms with Crippen LogP contribution in [0.5, 0.6) is 0 Å². The van der Waals surface area contributed by atoms with Crippen LogP contribution in [-0.2, 0) is 26.9 Å². The van der Waals surface area contributed by atoms with Crippen molar-refractivity contribution in [3.8, 4) is 0 Å². The molecule has 0 aliphatic rings. The molecule has 2 heterocycles. The Labute approximate surface area is 113 Å². The van der Waals surface area contributed by atoms with Gasteiger partial charge < -0.3 is 0 Å². The molecule has 19 heavy (non-hydrogen) atoms. The Balaban J connectivity index is 2.23. The van der Waals surface area contributed by atoms with E-state index in [-0.39, 0.29) is 6.04 Å². The van der Waals surface area contributed by atoms with Crippen molar-refractivity contribution in [1.82, 2.24) is 25.0 Å². The van der Waals surface area contributed by atoms with E-state index in [1.807, 2.05) is 36.6 Å². The molecule has 0 aliphatic carbocycles. The van der Waals surface area contributed by atoms with Crippen LogP contribution in [0.15, 0.2) is 12.3 Å². The predicted octanol–water partition coefficient (Wildman–Crippen LogP) is 0.772. The van der Waals surface area contributed by atoms with Crippen LogP contribution in [0.3, 0.4) is 0 Å². The maximum absolute atomic E-state index is 5.70. The van der Waals surface area contributed by atoms with Gasteiger partial charge >= 0.3 is 0 Å². The lowest BCUT2D eigenvalue weighted by molar-refractivity contribution is 0.527. The molecule has 1 atom stereocenters. The summed E-state index contributed by atoms with van der Waals surface area (Å²) in [5, 5.41) is 8.83. The molecule has 0 bridgehead atoms. The predicted molar refractivity (Wildman–Crippen MR) is 74.3 cm³/mol. The minimum absolute atomic E-state index is 0.0498. The number of aromatic nitrogens is 4. The Kier molecular flexibility index (Phi) is 4.01. The van der Waals surface area contributed by atoms with Crippen LogP contribution in [0.25, 0.3) is 0 Å². The molecular formula is C13H22N6. The highest BCUT2D eigenvalue weighted by atomic mass is 15.3. The molecule has 2 aromatic heterocycles. The average molecular weight is 262 g/mol. The summed E-state index contributed by atoms with van der Waals surface area (Å²) in [7, 11) is 3.89. The van der Waals surface area contributed by atoms with Gasteiger partial charge in [-0.3, -0.25) is 20.6 Å². The molecule has 0 amide bonds. The molecule has 1 unspecified atom stereocenters. The second-order valence-corrected chi connectivity index (χ2v) is 4.87. The smallest absolute Gasteiger partial charge is 0.0642 e. The quantitative estimate of drug-likeness (QED) is 0.616. The lowest BCUT2D eigenvalue weighted by atomic mass is 10.0. The number of aryl methyl sites for hydroxylation is 4. The number of nitrogens with one attached hydrogen (secondary N) is 1. The van der Waals surface area contributed by atoms with Crippen molar-refractivity contribution in [3.63, 3.8) is 0 Å². The summed E-state index contributed by atoms with van der Waals surface area (Å²) in [5.41, 5.74) is 7.29. The number of rotatable bonds is 5. The Hall–Kier alpha value is -1.66. The first kappa shape index (κ1) is 13.8. The Bertz CT molecular complexity index is 553. The fraction of sp³-hybridized carbons (Fsp3) is 0.538. The van der Waals surface area contributed by atoms with Crippen molar-refractivity contribution in [2.75, 3.05) is 0 Å². The first-order valence-corrected chi connectivity index (χ1v) is 6.53. The summed E-state index contributed by atoms with van der Waals surface area (Å²) >= 11 is 0. The Morgan fingerprint density at radius 3 is 2.58 bits per heavy atom. The highest BCUT2D eigenvalue weighted by Crippen LogP contribution is 2.20. The minimum Gasteiger partial charge on any atom is -0.275 e. The Morgan fingerprint density at radius 1 is 1.37 bits per heavy atom. The van der Waals surface area contributed by atoms with E-state index < -0.39 is 0 Å². The van der Waals surface area contributed by atoms with E-state index in [0.717, 1.165) is 29.8 Å². The van der Waals surface area contributed by atoms with Crippen molar-refractivity contribution in [3.05, 3.63) is 34.9 Å². The third-order valence-corrected chi connectivity index (χ3v) is 3.43. The van der Waals surface area contributed by atoms with Gasteiger partial charge in [-0.2, -0.15) is 10.2 Å². The summed E-state index contributed by atoms with van der Waals surface area (Å²) in [4.78, 5) is 0. The molecule has 0 spiro atoms. The van der Waals surface area contributed by atoms with Crippen molar-refractivity contribution < 1.29 is 0 Å². The third-order valence-electron chi connectivity index (χ3n) is 3.43. The van der Waals surface area contributed by atoms with Gasteiger partial charge in [0.2, 0.25) is 0 Å². The van der Waals surface area contributed by atoms with Gasteiger partial charge in [0.15, 0.2) is 0 Å². The second-order valence-electron chi connectivity index (χ2n) is 4.87. The van der Waals surface area contributed by atoms with Gasteiger partial charge in [0, 0.05) is 38.0 Å². The van der Waals surface area contributed by atoms with Gasteiger partial charge in [0.25, 0.3) is 0 Å². The fourth-order valence-electron chi connectivity index (χ4n) is 2.36. The summed E-state index contributed by atoms with van der Waals surface area (Å²) in [6.07, 6.45) is 3.75. The molecule has 2 aromatic rings. The zero-order chi connectivity index (χ0) is 14.0. The van der Waals surface area contributed by atoms with Gasteiger partial charge in [-0.15, -0.1) is 0 Å². The highest BCUT2D eigenvalue weighted by molar-refractivity contribution is 5.23. The largest absolute Gasteiger partial charge is 0.275 e. The van der Waals surface area contributed by atoms with Crippen LogP contribution < -0.4 is 11.3 Å². The number of nitrogens with two attached hydrogens (primary N) is 1. The van der Waals surface area contributed by atoms with E-state index >= 15 is 0 Å². The van der Waals surface area contributed by atoms with Gasteiger partial charge in [-0.05, 0) is 19.4 Å². The summed E-state index contributed by atoms with van der Waals surface area (Å²) < 4.78 is 3.74. The van der Waals surface area contributed by atoms with E-state index in [0.29, 0.717) is 0 Å². The number of hydrogen-bond donors (Lipinski definition) is 2. The summed E-state index contributed by atoms with van der Waals surface area (Å²) in [6.45, 7) is 4.11. The molecule has 104 valence electrons. The lowest BCUT2D eigenvalue weighted by Crippen LogP contribution is -2.30. The zero-order valence-electron chi connectivity index (χ0n) is 12.0. The van der Waals surface area contributed by atoms with Gasteiger partial charge in [-0.1, -0.05) is 6.92 Å². The molecule has 0 fully saturated rings. The lowest BCUT2D eigenvalue weighted by Gasteiger charge is -2.15. The third kappa shape index (κ3) is 2.85. The van der Waals surface area contributed by atoms with E-state index in [2.05, 4.69) is 28.6 Å². The molecule has 0 saturated heterocycles. The fourth-order valence-corrected chi connectivity index (χ4v) is 2.36. The first-order chi connectivity index (χ1) is 9.05. The minimum atomic E-state index is 0.0498. The van der Waals surface area contributed by atoms with Crippen molar-refractivity contribution in [2.45, 2.75) is 32.7 Å². The standard InChI is InChI=1S/C13H22N6/c1-5-10-6-11(19(4)17-10)7-13(15-14)12-8-18(3)16-9(12)2/h6,8,13,15H,5,7,14H2,1-4H3. The zero-order valence-corrected chi connectivity index (χ0v) is 12.0. The van der Waals surface area contributed by atoms with Crippen LogP contribution in [0.1, 0.15) is 35.6 Å².